The summed E-state index contributed by atoms with van der Waals surface area (Å²) in [5, 5.41) is 11.5. The van der Waals surface area contributed by atoms with Gasteiger partial charge in [0.05, 0.1) is 23.8 Å². The van der Waals surface area contributed by atoms with E-state index in [9.17, 15) is 19.5 Å². The van der Waals surface area contributed by atoms with Crippen molar-refractivity contribution in [2.24, 2.45) is 4.99 Å². The van der Waals surface area contributed by atoms with Crippen LogP contribution in [0, 0.1) is 0 Å². The summed E-state index contributed by atoms with van der Waals surface area (Å²) in [5.41, 5.74) is 0.194. The molecule has 188 valence electrons. The molecule has 1 aromatic carbocycles. The lowest BCUT2D eigenvalue weighted by atomic mass is 10.1. The fourth-order valence-electron chi connectivity index (χ4n) is 4.10. The Kier molecular flexibility index (Phi) is 6.09. The third kappa shape index (κ3) is 3.95. The van der Waals surface area contributed by atoms with Gasteiger partial charge in [-0.15, -0.1) is 5.06 Å². The van der Waals surface area contributed by atoms with Crippen LogP contribution >= 0.6 is 0 Å². The van der Waals surface area contributed by atoms with E-state index in [2.05, 4.69) is 19.9 Å². The molecule has 14 nitrogen and oxygen atoms in total. The minimum Gasteiger partial charge on any atom is -0.387 e. The minimum atomic E-state index is -1.19. The zero-order valence-electron chi connectivity index (χ0n) is 19.6. The predicted molar refractivity (Wildman–Crippen MR) is 124 cm³/mol. The molecule has 2 N–H and O–H groups in total. The second kappa shape index (κ2) is 9.23. The first-order valence-corrected chi connectivity index (χ1v) is 10.9. The Hall–Kier alpha value is -3.98. The number of amides is 2. The number of hydroxylamine groups is 2. The maximum atomic E-state index is 12.6. The van der Waals surface area contributed by atoms with Crippen LogP contribution in [0.25, 0.3) is 11.2 Å². The standard InChI is InChI=1S/C22H23N7O7/c1-27(2)9-24-22-25-17-14(18(31)26-22)23-10-28(17)21-16(34-3)15(30)13(36-21)8-35-29-19(32)11-6-4-5-7-12(11)20(29)33/h4-7,9-10,13,15-16,21,30H,8H2,1-3H3,(H,25,26,31)/b24-9+/t13-,15-,16-,21-/m1/s1. The van der Waals surface area contributed by atoms with Gasteiger partial charge in [0.1, 0.15) is 24.9 Å². The number of aliphatic hydroxyl groups excluding tert-OH is 1. The zero-order chi connectivity index (χ0) is 25.6. The number of fused-ring (bicyclic) bond motifs is 2. The lowest BCUT2D eigenvalue weighted by Gasteiger charge is -2.19. The van der Waals surface area contributed by atoms with Crippen molar-refractivity contribution in [2.75, 3.05) is 27.8 Å². The van der Waals surface area contributed by atoms with Crippen LogP contribution in [-0.2, 0) is 14.3 Å². The van der Waals surface area contributed by atoms with Crippen LogP contribution in [0.4, 0.5) is 5.95 Å². The summed E-state index contributed by atoms with van der Waals surface area (Å²) in [7, 11) is 4.93. The smallest absolute Gasteiger partial charge is 0.285 e. The second-order valence-electron chi connectivity index (χ2n) is 8.42. The maximum Gasteiger partial charge on any atom is 0.285 e. The molecule has 0 aliphatic carbocycles. The van der Waals surface area contributed by atoms with Gasteiger partial charge in [-0.2, -0.15) is 4.98 Å². The Bertz CT molecular complexity index is 1380. The van der Waals surface area contributed by atoms with Crippen LogP contribution in [0.15, 0.2) is 40.4 Å². The Balaban J connectivity index is 1.38. The first kappa shape index (κ1) is 23.7. The van der Waals surface area contributed by atoms with E-state index in [1.165, 1.54) is 36.5 Å². The van der Waals surface area contributed by atoms with Gasteiger partial charge < -0.3 is 19.5 Å². The number of aliphatic imine (C=N–C) groups is 1. The first-order valence-electron chi connectivity index (χ1n) is 10.9. The Morgan fingerprint density at radius 3 is 2.56 bits per heavy atom. The van der Waals surface area contributed by atoms with Gasteiger partial charge in [-0.1, -0.05) is 12.1 Å². The Morgan fingerprint density at radius 1 is 1.22 bits per heavy atom. The van der Waals surface area contributed by atoms with Crippen molar-refractivity contribution < 1.29 is 29.0 Å². The molecule has 36 heavy (non-hydrogen) atoms. The van der Waals surface area contributed by atoms with Gasteiger partial charge in [-0.3, -0.25) is 28.8 Å². The van der Waals surface area contributed by atoms with Gasteiger partial charge in [0, 0.05) is 21.2 Å². The van der Waals surface area contributed by atoms with Crippen molar-refractivity contribution in [3.05, 3.63) is 52.1 Å². The summed E-state index contributed by atoms with van der Waals surface area (Å²) >= 11 is 0. The highest BCUT2D eigenvalue weighted by molar-refractivity contribution is 6.20. The predicted octanol–water partition coefficient (Wildman–Crippen LogP) is -0.158. The van der Waals surface area contributed by atoms with Gasteiger partial charge >= 0.3 is 0 Å². The summed E-state index contributed by atoms with van der Waals surface area (Å²) in [5.74, 6) is -1.14. The highest BCUT2D eigenvalue weighted by Crippen LogP contribution is 2.34. The number of carbonyl (C=O) groups is 2. The number of aromatic amines is 1. The normalized spacial score (nSPS) is 23.8. The van der Waals surface area contributed by atoms with Crippen LogP contribution in [0.1, 0.15) is 26.9 Å². The summed E-state index contributed by atoms with van der Waals surface area (Å²) in [6, 6.07) is 6.37. The van der Waals surface area contributed by atoms with E-state index in [-0.39, 0.29) is 34.8 Å². The lowest BCUT2D eigenvalue weighted by molar-refractivity contribution is -0.140. The molecular formula is C22H23N7O7. The summed E-state index contributed by atoms with van der Waals surface area (Å²) in [6.45, 7) is -0.317. The molecule has 2 aliphatic rings. The molecule has 5 rings (SSSR count). The molecular weight excluding hydrogens is 474 g/mol. The number of benzene rings is 1. The van der Waals surface area contributed by atoms with Crippen LogP contribution in [0.5, 0.6) is 0 Å². The second-order valence-corrected chi connectivity index (χ2v) is 8.42. The van der Waals surface area contributed by atoms with E-state index >= 15 is 0 Å². The number of hydrogen-bond acceptors (Lipinski definition) is 10. The first-order chi connectivity index (χ1) is 17.3. The number of aliphatic hydroxyl groups is 1. The number of aromatic nitrogens is 4. The summed E-state index contributed by atoms with van der Waals surface area (Å²) in [6.07, 6.45) is -1.18. The van der Waals surface area contributed by atoms with E-state index < -0.39 is 41.9 Å². The number of methoxy groups -OCH3 is 1. The molecule has 2 aliphatic heterocycles. The number of imidazole rings is 1. The average Bonchev–Trinajstić information content (AvgIpc) is 3.49. The highest BCUT2D eigenvalue weighted by Gasteiger charge is 2.47. The topological polar surface area (TPSA) is 164 Å². The monoisotopic (exact) mass is 497 g/mol. The maximum absolute atomic E-state index is 12.6. The van der Waals surface area contributed by atoms with E-state index in [4.69, 9.17) is 14.3 Å². The van der Waals surface area contributed by atoms with Crippen molar-refractivity contribution in [3.8, 4) is 0 Å². The van der Waals surface area contributed by atoms with Crippen LogP contribution in [0.3, 0.4) is 0 Å². The summed E-state index contributed by atoms with van der Waals surface area (Å²) < 4.78 is 12.9. The van der Waals surface area contributed by atoms with Gasteiger partial charge in [-0.25, -0.2) is 9.98 Å². The molecule has 0 spiro atoms. The van der Waals surface area contributed by atoms with Crippen molar-refractivity contribution in [2.45, 2.75) is 24.5 Å². The molecule has 0 radical (unpaired) electrons. The molecule has 3 aromatic rings. The molecule has 1 fully saturated rings. The molecule has 0 unspecified atom stereocenters. The Morgan fingerprint density at radius 2 is 1.92 bits per heavy atom. The molecule has 4 atom stereocenters. The van der Waals surface area contributed by atoms with Crippen LogP contribution in [0.2, 0.25) is 0 Å². The van der Waals surface area contributed by atoms with Crippen LogP contribution < -0.4 is 5.56 Å². The number of imide groups is 1. The number of rotatable bonds is 7. The molecule has 1 saturated heterocycles. The molecule has 0 bridgehead atoms. The van der Waals surface area contributed by atoms with Crippen molar-refractivity contribution >= 4 is 35.3 Å². The molecule has 2 amide bonds. The third-order valence-electron chi connectivity index (χ3n) is 5.81. The fraction of sp³-hybridized carbons (Fsp3) is 0.364. The van der Waals surface area contributed by atoms with Gasteiger partial charge in [0.25, 0.3) is 17.4 Å². The van der Waals surface area contributed by atoms with Crippen molar-refractivity contribution in [3.63, 3.8) is 0 Å². The average molecular weight is 497 g/mol. The number of nitrogens with zero attached hydrogens (tertiary/aromatic N) is 6. The molecule has 4 heterocycles. The molecule has 2 aromatic heterocycles. The lowest BCUT2D eigenvalue weighted by Crippen LogP contribution is -2.38. The Labute approximate surface area is 203 Å². The van der Waals surface area contributed by atoms with E-state index in [1.807, 2.05) is 0 Å². The van der Waals surface area contributed by atoms with Crippen LogP contribution in [-0.4, -0.2) is 98.9 Å². The van der Waals surface area contributed by atoms with Crippen molar-refractivity contribution in [1.82, 2.24) is 29.5 Å². The molecule has 14 heteroatoms. The van der Waals surface area contributed by atoms with E-state index in [0.29, 0.717) is 5.06 Å². The number of hydrogen-bond donors (Lipinski definition) is 2. The van der Waals surface area contributed by atoms with Gasteiger partial charge in [-0.05, 0) is 12.1 Å². The van der Waals surface area contributed by atoms with Crippen molar-refractivity contribution in [1.29, 1.82) is 0 Å². The zero-order valence-corrected chi connectivity index (χ0v) is 19.6. The largest absolute Gasteiger partial charge is 0.387 e. The number of ether oxygens (including phenoxy) is 2. The van der Waals surface area contributed by atoms with E-state index in [1.54, 1.807) is 31.1 Å². The number of carbonyl (C=O) groups excluding carboxylic acids is 2. The summed E-state index contributed by atoms with van der Waals surface area (Å²) in [4.78, 5) is 59.9. The fourth-order valence-corrected chi connectivity index (χ4v) is 4.10. The third-order valence-corrected chi connectivity index (χ3v) is 5.81. The number of H-pyrrole nitrogens is 1. The van der Waals surface area contributed by atoms with Gasteiger partial charge in [0.15, 0.2) is 17.4 Å². The van der Waals surface area contributed by atoms with Gasteiger partial charge in [0.2, 0.25) is 5.95 Å². The minimum absolute atomic E-state index is 0.0532. The highest BCUT2D eigenvalue weighted by atomic mass is 16.7. The van der Waals surface area contributed by atoms with E-state index in [0.717, 1.165) is 0 Å². The quantitative estimate of drug-likeness (QED) is 0.255. The SMILES string of the molecule is CO[C@@H]1[C@H](O)[C@@H](CON2C(=O)c3ccccc3C2=O)O[C@H]1n1cnc2c(=O)[nH]c(/N=C/N(C)C)nc21. The number of nitrogens with one attached hydrogen (secondary N) is 1. The molecule has 0 saturated carbocycles.